The summed E-state index contributed by atoms with van der Waals surface area (Å²) in [5, 5.41) is 4.87. The molecule has 1 heterocycles. The van der Waals surface area contributed by atoms with Crippen LogP contribution in [-0.4, -0.2) is 30.9 Å². The number of ether oxygens (including phenoxy) is 1. The highest BCUT2D eigenvalue weighted by Gasteiger charge is 2.16. The fourth-order valence-corrected chi connectivity index (χ4v) is 2.03. The van der Waals surface area contributed by atoms with Crippen molar-refractivity contribution in [3.8, 4) is 0 Å². The van der Waals surface area contributed by atoms with E-state index in [9.17, 15) is 4.79 Å². The Morgan fingerprint density at radius 1 is 1.56 bits per heavy atom. The molecule has 1 saturated heterocycles. The van der Waals surface area contributed by atoms with Crippen LogP contribution < -0.4 is 5.32 Å². The van der Waals surface area contributed by atoms with Gasteiger partial charge in [-0.05, 0) is 24.0 Å². The lowest BCUT2D eigenvalue weighted by Gasteiger charge is -2.23. The predicted molar refractivity (Wildman–Crippen MR) is 68.4 cm³/mol. The van der Waals surface area contributed by atoms with Crippen molar-refractivity contribution >= 4 is 17.7 Å². The van der Waals surface area contributed by atoms with Crippen LogP contribution in [0.1, 0.15) is 19.8 Å². The second kappa shape index (κ2) is 7.52. The molecule has 1 rings (SSSR count). The van der Waals surface area contributed by atoms with Gasteiger partial charge in [0.05, 0.1) is 0 Å². The molecule has 0 radical (unpaired) electrons. The standard InChI is InChI=1S/C12H19NO2S/c1-3-10(9-16-4-2)12(14)13-11-5-7-15-8-6-11/h3,9,11H,1,4-8H2,2H3,(H,13,14)/b10-9+. The molecule has 90 valence electrons. The van der Waals surface area contributed by atoms with Crippen molar-refractivity contribution in [3.05, 3.63) is 23.6 Å². The van der Waals surface area contributed by atoms with Crippen molar-refractivity contribution in [2.75, 3.05) is 19.0 Å². The van der Waals surface area contributed by atoms with Crippen LogP contribution in [0.15, 0.2) is 23.6 Å². The number of carbonyl (C=O) groups is 1. The molecule has 0 bridgehead atoms. The molecule has 1 aliphatic rings. The van der Waals surface area contributed by atoms with Crippen molar-refractivity contribution in [2.45, 2.75) is 25.8 Å². The third kappa shape index (κ3) is 4.41. The van der Waals surface area contributed by atoms with Gasteiger partial charge in [-0.2, -0.15) is 0 Å². The van der Waals surface area contributed by atoms with E-state index < -0.39 is 0 Å². The third-order valence-electron chi connectivity index (χ3n) is 2.42. The molecule has 1 N–H and O–H groups in total. The molecule has 0 aromatic heterocycles. The number of thioether (sulfide) groups is 1. The number of carbonyl (C=O) groups excluding carboxylic acids is 1. The maximum atomic E-state index is 11.8. The van der Waals surface area contributed by atoms with Crippen LogP contribution in [0.3, 0.4) is 0 Å². The first-order chi connectivity index (χ1) is 7.77. The van der Waals surface area contributed by atoms with Gasteiger partial charge in [-0.15, -0.1) is 11.8 Å². The van der Waals surface area contributed by atoms with Gasteiger partial charge in [0.25, 0.3) is 5.91 Å². The van der Waals surface area contributed by atoms with Crippen molar-refractivity contribution < 1.29 is 9.53 Å². The van der Waals surface area contributed by atoms with E-state index in [1.807, 2.05) is 5.41 Å². The highest BCUT2D eigenvalue weighted by Crippen LogP contribution is 2.10. The molecular weight excluding hydrogens is 222 g/mol. The number of rotatable bonds is 5. The van der Waals surface area contributed by atoms with E-state index in [1.54, 1.807) is 17.8 Å². The Kier molecular flexibility index (Phi) is 6.26. The summed E-state index contributed by atoms with van der Waals surface area (Å²) in [5.41, 5.74) is 0.651. The fraction of sp³-hybridized carbons (Fsp3) is 0.583. The highest BCUT2D eigenvalue weighted by atomic mass is 32.2. The SMILES string of the molecule is C=C/C(=C\SCC)C(=O)NC1CCOCC1. The summed E-state index contributed by atoms with van der Waals surface area (Å²) in [6, 6.07) is 0.247. The maximum Gasteiger partial charge on any atom is 0.251 e. The van der Waals surface area contributed by atoms with E-state index >= 15 is 0 Å². The third-order valence-corrected chi connectivity index (χ3v) is 3.17. The minimum absolute atomic E-state index is 0.0251. The quantitative estimate of drug-likeness (QED) is 0.592. The van der Waals surface area contributed by atoms with Gasteiger partial charge in [-0.3, -0.25) is 4.79 Å². The second-order valence-corrected chi connectivity index (χ2v) is 4.74. The Hall–Kier alpha value is -0.740. The molecule has 4 heteroatoms. The first kappa shape index (κ1) is 13.3. The summed E-state index contributed by atoms with van der Waals surface area (Å²) < 4.78 is 5.24. The van der Waals surface area contributed by atoms with Crippen LogP contribution in [0, 0.1) is 0 Å². The minimum atomic E-state index is -0.0251. The van der Waals surface area contributed by atoms with Gasteiger partial charge in [0, 0.05) is 24.8 Å². The van der Waals surface area contributed by atoms with Gasteiger partial charge in [0.2, 0.25) is 0 Å². The van der Waals surface area contributed by atoms with Gasteiger partial charge in [0.15, 0.2) is 0 Å². The van der Waals surface area contributed by atoms with E-state index in [-0.39, 0.29) is 11.9 Å². The highest BCUT2D eigenvalue weighted by molar-refractivity contribution is 8.02. The molecular formula is C12H19NO2S. The maximum absolute atomic E-state index is 11.8. The zero-order valence-corrected chi connectivity index (χ0v) is 10.5. The monoisotopic (exact) mass is 241 g/mol. The Morgan fingerprint density at radius 2 is 2.25 bits per heavy atom. The lowest BCUT2D eigenvalue weighted by molar-refractivity contribution is -0.118. The molecule has 3 nitrogen and oxygen atoms in total. The van der Waals surface area contributed by atoms with Crippen LogP contribution >= 0.6 is 11.8 Å². The summed E-state index contributed by atoms with van der Waals surface area (Å²) >= 11 is 1.61. The van der Waals surface area contributed by atoms with Gasteiger partial charge < -0.3 is 10.1 Å². The molecule has 1 aliphatic heterocycles. The van der Waals surface area contributed by atoms with E-state index in [4.69, 9.17) is 4.74 Å². The van der Waals surface area contributed by atoms with Crippen LogP contribution in [0.5, 0.6) is 0 Å². The van der Waals surface area contributed by atoms with Gasteiger partial charge >= 0.3 is 0 Å². The molecule has 0 saturated carbocycles. The molecule has 0 aromatic rings. The first-order valence-electron chi connectivity index (χ1n) is 5.60. The molecule has 0 aliphatic carbocycles. The zero-order chi connectivity index (χ0) is 11.8. The summed E-state index contributed by atoms with van der Waals surface area (Å²) in [5.74, 6) is 0.935. The predicted octanol–water partition coefficient (Wildman–Crippen LogP) is 2.10. The number of nitrogens with one attached hydrogen (secondary N) is 1. The second-order valence-electron chi connectivity index (χ2n) is 3.59. The number of hydrogen-bond donors (Lipinski definition) is 1. The first-order valence-corrected chi connectivity index (χ1v) is 6.65. The summed E-state index contributed by atoms with van der Waals surface area (Å²) in [7, 11) is 0. The molecule has 0 aromatic carbocycles. The Labute approximate surface area is 101 Å². The molecule has 0 unspecified atom stereocenters. The largest absolute Gasteiger partial charge is 0.381 e. The molecule has 1 fully saturated rings. The number of hydrogen-bond acceptors (Lipinski definition) is 3. The molecule has 16 heavy (non-hydrogen) atoms. The Bertz CT molecular complexity index is 270. The average molecular weight is 241 g/mol. The van der Waals surface area contributed by atoms with Crippen molar-refractivity contribution in [1.82, 2.24) is 5.32 Å². The Balaban J connectivity index is 2.44. The van der Waals surface area contributed by atoms with Gasteiger partial charge in [0.1, 0.15) is 0 Å². The van der Waals surface area contributed by atoms with Crippen molar-refractivity contribution in [1.29, 1.82) is 0 Å². The fourth-order valence-electron chi connectivity index (χ4n) is 1.48. The van der Waals surface area contributed by atoms with Crippen LogP contribution in [0.2, 0.25) is 0 Å². The minimum Gasteiger partial charge on any atom is -0.381 e. The Morgan fingerprint density at radius 3 is 2.81 bits per heavy atom. The lowest BCUT2D eigenvalue weighted by Crippen LogP contribution is -2.39. The van der Waals surface area contributed by atoms with Gasteiger partial charge in [-0.25, -0.2) is 0 Å². The summed E-state index contributed by atoms with van der Waals surface area (Å²) in [4.78, 5) is 11.8. The van der Waals surface area contributed by atoms with Crippen LogP contribution in [0.4, 0.5) is 0 Å². The van der Waals surface area contributed by atoms with E-state index in [2.05, 4.69) is 18.8 Å². The van der Waals surface area contributed by atoms with Crippen molar-refractivity contribution in [3.63, 3.8) is 0 Å². The lowest BCUT2D eigenvalue weighted by atomic mass is 10.1. The van der Waals surface area contributed by atoms with Gasteiger partial charge in [-0.1, -0.05) is 19.6 Å². The van der Waals surface area contributed by atoms with Crippen molar-refractivity contribution in [2.24, 2.45) is 0 Å². The van der Waals surface area contributed by atoms with E-state index in [0.717, 1.165) is 31.8 Å². The summed E-state index contributed by atoms with van der Waals surface area (Å²) in [6.07, 6.45) is 3.41. The average Bonchev–Trinajstić information content (AvgIpc) is 2.31. The molecule has 0 atom stereocenters. The zero-order valence-electron chi connectivity index (χ0n) is 9.70. The van der Waals surface area contributed by atoms with Crippen LogP contribution in [-0.2, 0) is 9.53 Å². The smallest absolute Gasteiger partial charge is 0.251 e. The summed E-state index contributed by atoms with van der Waals surface area (Å²) in [6.45, 7) is 7.19. The van der Waals surface area contributed by atoms with E-state index in [1.165, 1.54) is 0 Å². The normalized spacial score (nSPS) is 18.2. The van der Waals surface area contributed by atoms with E-state index in [0.29, 0.717) is 5.57 Å². The topological polar surface area (TPSA) is 38.3 Å². The molecule has 1 amide bonds. The molecule has 0 spiro atoms. The number of amides is 1. The van der Waals surface area contributed by atoms with Crippen LogP contribution in [0.25, 0.3) is 0 Å².